The van der Waals surface area contributed by atoms with Crippen molar-refractivity contribution >= 4 is 23.5 Å². The Morgan fingerprint density at radius 3 is 2.17 bits per heavy atom. The Balaban J connectivity index is 2.51. The van der Waals surface area contributed by atoms with Crippen molar-refractivity contribution in [1.82, 2.24) is 0 Å². The van der Waals surface area contributed by atoms with Gasteiger partial charge in [0, 0.05) is 0 Å². The Hall–Kier alpha value is -0.0800. The molecule has 1 aromatic carbocycles. The summed E-state index contributed by atoms with van der Waals surface area (Å²) < 4.78 is 0.701. The van der Waals surface area contributed by atoms with Crippen molar-refractivity contribution in [2.75, 3.05) is 12.5 Å². The van der Waals surface area contributed by atoms with Gasteiger partial charge < -0.3 is 0 Å². The predicted molar refractivity (Wildman–Crippen MR) is 61.0 cm³/mol. The van der Waals surface area contributed by atoms with Gasteiger partial charge in [-0.15, -0.1) is 0 Å². The molecule has 1 aromatic rings. The fourth-order valence-corrected chi connectivity index (χ4v) is 2.56. The number of hydrogen-bond donors (Lipinski definition) is 0. The first-order chi connectivity index (χ1) is 5.86. The molecule has 0 atom stereocenters. The first kappa shape index (κ1) is 10.0. The van der Waals surface area contributed by atoms with Crippen molar-refractivity contribution in [3.63, 3.8) is 0 Å². The van der Waals surface area contributed by atoms with E-state index < -0.39 is 0 Å². The van der Waals surface area contributed by atoms with Crippen molar-refractivity contribution in [2.45, 2.75) is 11.0 Å². The molecular weight excluding hydrogens is 184 g/mol. The molecule has 66 valence electrons. The molecule has 0 heterocycles. The summed E-state index contributed by atoms with van der Waals surface area (Å²) in [5, 5.41) is 0. The number of rotatable bonds is 4. The molecule has 0 aromatic heterocycles. The maximum atomic E-state index is 2.19. The lowest BCUT2D eigenvalue weighted by Crippen LogP contribution is -1.99. The third-order valence-electron chi connectivity index (χ3n) is 1.77. The molecule has 0 bridgehead atoms. The Labute approximate surface area is 83.1 Å². The van der Waals surface area contributed by atoms with Gasteiger partial charge in [0.1, 0.15) is 0 Å². The quantitative estimate of drug-likeness (QED) is 0.681. The Morgan fingerprint density at radius 2 is 1.67 bits per heavy atom. The van der Waals surface area contributed by atoms with Crippen LogP contribution in [0.5, 0.6) is 0 Å². The lowest BCUT2D eigenvalue weighted by Gasteiger charge is -2.10. The van der Waals surface area contributed by atoms with Crippen LogP contribution in [-0.2, 0) is 6.42 Å². The molecule has 0 aliphatic carbocycles. The standard InChI is InChI=1S/C10H14S2/c1-11-10(12-2)8-9-6-4-3-5-7-9/h3-7,10H,8H2,1-2H3. The smallest absolute Gasteiger partial charge is 0.0537 e. The summed E-state index contributed by atoms with van der Waals surface area (Å²) in [7, 11) is 0. The summed E-state index contributed by atoms with van der Waals surface area (Å²) in [5.74, 6) is 0. The van der Waals surface area contributed by atoms with Gasteiger partial charge >= 0.3 is 0 Å². The fourth-order valence-electron chi connectivity index (χ4n) is 1.07. The second-order valence-electron chi connectivity index (χ2n) is 2.59. The van der Waals surface area contributed by atoms with Crippen LogP contribution in [0.25, 0.3) is 0 Å². The average Bonchev–Trinajstić information content (AvgIpc) is 2.16. The van der Waals surface area contributed by atoms with Crippen LogP contribution < -0.4 is 0 Å². The molecule has 1 rings (SSSR count). The fraction of sp³-hybridized carbons (Fsp3) is 0.400. The molecule has 0 unspecified atom stereocenters. The first-order valence-corrected chi connectivity index (χ1v) is 6.54. The SMILES string of the molecule is CSC(Cc1ccccc1)SC. The monoisotopic (exact) mass is 198 g/mol. The van der Waals surface area contributed by atoms with Crippen LogP contribution in [0.1, 0.15) is 5.56 Å². The topological polar surface area (TPSA) is 0 Å². The molecule has 0 N–H and O–H groups in total. The van der Waals surface area contributed by atoms with E-state index in [1.54, 1.807) is 0 Å². The van der Waals surface area contributed by atoms with Gasteiger partial charge in [-0.25, -0.2) is 0 Å². The first-order valence-electron chi connectivity index (χ1n) is 3.96. The molecule has 0 radical (unpaired) electrons. The Kier molecular flexibility index (Phi) is 4.62. The molecule has 0 aliphatic heterocycles. The Bertz CT molecular complexity index is 204. The molecule has 0 spiro atoms. The highest BCUT2D eigenvalue weighted by molar-refractivity contribution is 8.16. The van der Waals surface area contributed by atoms with Crippen molar-refractivity contribution in [1.29, 1.82) is 0 Å². The maximum absolute atomic E-state index is 2.19. The largest absolute Gasteiger partial charge is 0.151 e. The van der Waals surface area contributed by atoms with Gasteiger partial charge in [0.25, 0.3) is 0 Å². The lowest BCUT2D eigenvalue weighted by molar-refractivity contribution is 1.11. The van der Waals surface area contributed by atoms with Crippen molar-refractivity contribution < 1.29 is 0 Å². The minimum absolute atomic E-state index is 0.701. The van der Waals surface area contributed by atoms with Crippen LogP contribution in [0.3, 0.4) is 0 Å². The van der Waals surface area contributed by atoms with E-state index in [1.165, 1.54) is 12.0 Å². The summed E-state index contributed by atoms with van der Waals surface area (Å²) in [5.41, 5.74) is 1.44. The van der Waals surface area contributed by atoms with Gasteiger partial charge in [0.15, 0.2) is 0 Å². The number of hydrogen-bond acceptors (Lipinski definition) is 2. The summed E-state index contributed by atoms with van der Waals surface area (Å²) in [4.78, 5) is 0. The summed E-state index contributed by atoms with van der Waals surface area (Å²) >= 11 is 3.86. The highest BCUT2D eigenvalue weighted by Crippen LogP contribution is 2.22. The van der Waals surface area contributed by atoms with E-state index in [1.807, 2.05) is 23.5 Å². The van der Waals surface area contributed by atoms with E-state index in [4.69, 9.17) is 0 Å². The van der Waals surface area contributed by atoms with Crippen LogP contribution in [-0.4, -0.2) is 17.1 Å². The minimum atomic E-state index is 0.701. The van der Waals surface area contributed by atoms with Gasteiger partial charge in [-0.05, 0) is 24.5 Å². The van der Waals surface area contributed by atoms with Gasteiger partial charge in [-0.1, -0.05) is 30.3 Å². The molecule has 0 amide bonds. The number of thioether (sulfide) groups is 2. The Morgan fingerprint density at radius 1 is 1.08 bits per heavy atom. The van der Waals surface area contributed by atoms with E-state index in [0.29, 0.717) is 4.58 Å². The van der Waals surface area contributed by atoms with E-state index in [9.17, 15) is 0 Å². The van der Waals surface area contributed by atoms with Crippen LogP contribution in [0, 0.1) is 0 Å². The van der Waals surface area contributed by atoms with Crippen molar-refractivity contribution in [2.24, 2.45) is 0 Å². The molecule has 0 saturated heterocycles. The summed E-state index contributed by atoms with van der Waals surface area (Å²) in [6.45, 7) is 0. The van der Waals surface area contributed by atoms with E-state index >= 15 is 0 Å². The van der Waals surface area contributed by atoms with Gasteiger partial charge in [0.05, 0.1) is 4.58 Å². The molecule has 12 heavy (non-hydrogen) atoms. The zero-order valence-corrected chi connectivity index (χ0v) is 9.12. The molecule has 0 saturated carbocycles. The molecule has 2 heteroatoms. The van der Waals surface area contributed by atoms with Crippen molar-refractivity contribution in [3.8, 4) is 0 Å². The molecule has 0 fully saturated rings. The third kappa shape index (κ3) is 3.11. The van der Waals surface area contributed by atoms with Crippen molar-refractivity contribution in [3.05, 3.63) is 35.9 Å². The maximum Gasteiger partial charge on any atom is 0.0537 e. The minimum Gasteiger partial charge on any atom is -0.151 e. The second kappa shape index (κ2) is 5.55. The van der Waals surface area contributed by atoms with Crippen LogP contribution in [0.15, 0.2) is 30.3 Å². The van der Waals surface area contributed by atoms with Crippen LogP contribution >= 0.6 is 23.5 Å². The van der Waals surface area contributed by atoms with Gasteiger partial charge in [-0.2, -0.15) is 23.5 Å². The van der Waals surface area contributed by atoms with Gasteiger partial charge in [0.2, 0.25) is 0 Å². The summed E-state index contributed by atoms with van der Waals surface area (Å²) in [6, 6.07) is 10.7. The third-order valence-corrected chi connectivity index (χ3v) is 4.31. The summed E-state index contributed by atoms with van der Waals surface area (Å²) in [6.07, 6.45) is 5.51. The molecule has 0 nitrogen and oxygen atoms in total. The van der Waals surface area contributed by atoms with E-state index in [0.717, 1.165) is 0 Å². The molecular formula is C10H14S2. The normalized spacial score (nSPS) is 10.6. The zero-order chi connectivity index (χ0) is 8.81. The van der Waals surface area contributed by atoms with Gasteiger partial charge in [-0.3, -0.25) is 0 Å². The lowest BCUT2D eigenvalue weighted by atomic mass is 10.2. The number of benzene rings is 1. The highest BCUT2D eigenvalue weighted by atomic mass is 32.2. The predicted octanol–water partition coefficient (Wildman–Crippen LogP) is 3.28. The zero-order valence-electron chi connectivity index (χ0n) is 7.49. The van der Waals surface area contributed by atoms with Crippen LogP contribution in [0.4, 0.5) is 0 Å². The van der Waals surface area contributed by atoms with E-state index in [-0.39, 0.29) is 0 Å². The second-order valence-corrected chi connectivity index (χ2v) is 4.97. The average molecular weight is 198 g/mol. The molecule has 0 aliphatic rings. The highest BCUT2D eigenvalue weighted by Gasteiger charge is 2.04. The van der Waals surface area contributed by atoms with Crippen LogP contribution in [0.2, 0.25) is 0 Å². The van der Waals surface area contributed by atoms with E-state index in [2.05, 4.69) is 42.8 Å².